The third kappa shape index (κ3) is 3.51. The number of benzene rings is 2. The average Bonchev–Trinajstić information content (AvgIpc) is 3.60. The Hall–Kier alpha value is -3.95. The third-order valence-electron chi connectivity index (χ3n) is 8.18. The molecule has 2 saturated heterocycles. The van der Waals surface area contributed by atoms with E-state index in [0.29, 0.717) is 23.6 Å². The predicted molar refractivity (Wildman–Crippen MR) is 142 cm³/mol. The van der Waals surface area contributed by atoms with E-state index < -0.39 is 0 Å². The topological polar surface area (TPSA) is 71.5 Å². The molecule has 2 aromatic carbocycles. The molecule has 0 amide bonds. The van der Waals surface area contributed by atoms with Crippen LogP contribution in [0.1, 0.15) is 31.2 Å². The van der Waals surface area contributed by atoms with Crippen molar-refractivity contribution in [3.63, 3.8) is 0 Å². The summed E-state index contributed by atoms with van der Waals surface area (Å²) in [5.74, 6) is 0.699. The molecular formula is C30H28N6. The molecule has 5 aromatic rings. The van der Waals surface area contributed by atoms with Gasteiger partial charge in [0.15, 0.2) is 0 Å². The van der Waals surface area contributed by atoms with Gasteiger partial charge >= 0.3 is 0 Å². The van der Waals surface area contributed by atoms with E-state index in [1.165, 1.54) is 36.6 Å². The van der Waals surface area contributed by atoms with E-state index in [2.05, 4.69) is 51.5 Å². The maximum Gasteiger partial charge on any atom is 0.0991 e. The Morgan fingerprint density at radius 3 is 2.53 bits per heavy atom. The number of nitrogens with zero attached hydrogens (tertiary/aromatic N) is 5. The minimum absolute atomic E-state index is 0.662. The first-order chi connectivity index (χ1) is 17.7. The summed E-state index contributed by atoms with van der Waals surface area (Å²) in [6, 6.07) is 20.2. The van der Waals surface area contributed by atoms with Gasteiger partial charge < -0.3 is 9.88 Å². The SMILES string of the molecule is Cn1ncc2cc(-c3ncc4c(ccn4C[C@H]4C[C@H]5CC[C@@H](C4)N5)c3-c3ccc(C#N)cc3)ccc21. The van der Waals surface area contributed by atoms with Crippen LogP contribution in [0.15, 0.2) is 67.1 Å². The van der Waals surface area contributed by atoms with Gasteiger partial charge in [0.2, 0.25) is 0 Å². The van der Waals surface area contributed by atoms with E-state index in [1.807, 2.05) is 48.4 Å². The average molecular weight is 473 g/mol. The monoisotopic (exact) mass is 472 g/mol. The molecule has 3 atom stereocenters. The number of piperidine rings is 1. The fourth-order valence-electron chi connectivity index (χ4n) is 6.45. The molecule has 0 saturated carbocycles. The molecule has 2 aliphatic heterocycles. The van der Waals surface area contributed by atoms with E-state index in [-0.39, 0.29) is 0 Å². The van der Waals surface area contributed by atoms with Crippen molar-refractivity contribution in [2.45, 2.75) is 44.3 Å². The number of aryl methyl sites for hydroxylation is 1. The lowest BCUT2D eigenvalue weighted by atomic mass is 9.92. The van der Waals surface area contributed by atoms with Crippen LogP contribution >= 0.6 is 0 Å². The number of nitrogens with one attached hydrogen (secondary N) is 1. The molecule has 6 heteroatoms. The molecule has 1 N–H and O–H groups in total. The van der Waals surface area contributed by atoms with Crippen LogP contribution in [0.5, 0.6) is 0 Å². The van der Waals surface area contributed by atoms with Gasteiger partial charge in [-0.1, -0.05) is 18.2 Å². The molecule has 3 aromatic heterocycles. The Morgan fingerprint density at radius 2 is 1.75 bits per heavy atom. The van der Waals surface area contributed by atoms with Gasteiger partial charge in [-0.25, -0.2) is 0 Å². The Balaban J connectivity index is 1.36. The van der Waals surface area contributed by atoms with Crippen LogP contribution in [0.3, 0.4) is 0 Å². The van der Waals surface area contributed by atoms with Crippen LogP contribution in [-0.4, -0.2) is 31.4 Å². The largest absolute Gasteiger partial charge is 0.346 e. The van der Waals surface area contributed by atoms with Crippen LogP contribution in [0.4, 0.5) is 0 Å². The van der Waals surface area contributed by atoms with Gasteiger partial charge in [0.25, 0.3) is 0 Å². The highest BCUT2D eigenvalue weighted by atomic mass is 15.2. The summed E-state index contributed by atoms with van der Waals surface area (Å²) in [5, 5.41) is 19.8. The van der Waals surface area contributed by atoms with Gasteiger partial charge in [-0.05, 0) is 67.5 Å². The zero-order chi connectivity index (χ0) is 24.2. The molecule has 5 heterocycles. The summed E-state index contributed by atoms with van der Waals surface area (Å²) in [6.45, 7) is 1.04. The number of rotatable bonds is 4. The van der Waals surface area contributed by atoms with E-state index in [4.69, 9.17) is 4.98 Å². The zero-order valence-corrected chi connectivity index (χ0v) is 20.4. The Labute approximate surface area is 210 Å². The lowest BCUT2D eigenvalue weighted by molar-refractivity contribution is 0.274. The summed E-state index contributed by atoms with van der Waals surface area (Å²) >= 11 is 0. The molecule has 178 valence electrons. The highest BCUT2D eigenvalue weighted by molar-refractivity contribution is 6.02. The molecule has 2 aliphatic rings. The van der Waals surface area contributed by atoms with Crippen LogP contribution in [0.25, 0.3) is 44.2 Å². The molecule has 2 fully saturated rings. The fraction of sp³-hybridized carbons (Fsp3) is 0.300. The van der Waals surface area contributed by atoms with Gasteiger partial charge in [-0.3, -0.25) is 9.67 Å². The van der Waals surface area contributed by atoms with Gasteiger partial charge in [0, 0.05) is 53.8 Å². The van der Waals surface area contributed by atoms with Gasteiger partial charge in [0.1, 0.15) is 0 Å². The summed E-state index contributed by atoms with van der Waals surface area (Å²) in [4.78, 5) is 5.05. The lowest BCUT2D eigenvalue weighted by Gasteiger charge is -2.29. The minimum atomic E-state index is 0.662. The number of pyridine rings is 1. The number of fused-ring (bicyclic) bond motifs is 4. The van der Waals surface area contributed by atoms with Crippen LogP contribution in [0, 0.1) is 17.2 Å². The van der Waals surface area contributed by atoms with Crippen molar-refractivity contribution in [3.05, 3.63) is 72.7 Å². The molecule has 2 bridgehead atoms. The van der Waals surface area contributed by atoms with E-state index in [1.54, 1.807) is 0 Å². The highest BCUT2D eigenvalue weighted by Crippen LogP contribution is 2.39. The summed E-state index contributed by atoms with van der Waals surface area (Å²) in [6.07, 6.45) is 11.3. The second-order valence-corrected chi connectivity index (χ2v) is 10.5. The fourth-order valence-corrected chi connectivity index (χ4v) is 6.45. The predicted octanol–water partition coefficient (Wildman–Crippen LogP) is 5.66. The standard InChI is InChI=1S/C30H28N6/c1-35-27-9-6-22(14-23(27)16-33-35)30-29(21-4-2-19(15-31)3-5-21)26-10-11-36(28(26)17-32-30)18-20-12-24-7-8-25(13-20)34-24/h2-6,9-11,14,16-17,20,24-25,34H,7-8,12-13,18H2,1H3/t20-,24+,25-. The Kier molecular flexibility index (Phi) is 4.93. The van der Waals surface area contributed by atoms with Crippen molar-refractivity contribution in [1.29, 1.82) is 5.26 Å². The zero-order valence-electron chi connectivity index (χ0n) is 20.4. The second-order valence-electron chi connectivity index (χ2n) is 10.5. The van der Waals surface area contributed by atoms with Crippen molar-refractivity contribution >= 4 is 21.8 Å². The normalized spacial score (nSPS) is 21.3. The van der Waals surface area contributed by atoms with E-state index in [0.717, 1.165) is 39.8 Å². The molecule has 0 unspecified atom stereocenters. The summed E-state index contributed by atoms with van der Waals surface area (Å²) in [5.41, 5.74) is 7.15. The highest BCUT2D eigenvalue weighted by Gasteiger charge is 2.33. The second kappa shape index (κ2) is 8.32. The maximum atomic E-state index is 9.33. The smallest absolute Gasteiger partial charge is 0.0991 e. The van der Waals surface area contributed by atoms with Gasteiger partial charge in [-0.2, -0.15) is 10.4 Å². The van der Waals surface area contributed by atoms with Crippen LogP contribution in [-0.2, 0) is 13.6 Å². The first kappa shape index (κ1) is 21.3. The van der Waals surface area contributed by atoms with Gasteiger partial charge in [0.05, 0.1) is 40.8 Å². The first-order valence-electron chi connectivity index (χ1n) is 12.8. The Bertz CT molecular complexity index is 1620. The maximum absolute atomic E-state index is 9.33. The molecule has 7 rings (SSSR count). The quantitative estimate of drug-likeness (QED) is 0.366. The molecule has 0 aliphatic carbocycles. The van der Waals surface area contributed by atoms with Gasteiger partial charge in [-0.15, -0.1) is 0 Å². The van der Waals surface area contributed by atoms with Crippen molar-refractivity contribution in [3.8, 4) is 28.5 Å². The lowest BCUT2D eigenvalue weighted by Crippen LogP contribution is -2.39. The van der Waals surface area contributed by atoms with Crippen molar-refractivity contribution in [1.82, 2.24) is 24.6 Å². The Morgan fingerprint density at radius 1 is 0.972 bits per heavy atom. The van der Waals surface area contributed by atoms with E-state index in [9.17, 15) is 5.26 Å². The van der Waals surface area contributed by atoms with Crippen molar-refractivity contribution < 1.29 is 0 Å². The summed E-state index contributed by atoms with van der Waals surface area (Å²) < 4.78 is 4.29. The van der Waals surface area contributed by atoms with Crippen molar-refractivity contribution in [2.75, 3.05) is 0 Å². The number of nitriles is 1. The van der Waals surface area contributed by atoms with Crippen LogP contribution in [0.2, 0.25) is 0 Å². The van der Waals surface area contributed by atoms with E-state index >= 15 is 0 Å². The number of hydrogen-bond acceptors (Lipinski definition) is 4. The first-order valence-corrected chi connectivity index (χ1v) is 12.8. The molecule has 6 nitrogen and oxygen atoms in total. The third-order valence-corrected chi connectivity index (χ3v) is 8.18. The van der Waals surface area contributed by atoms with Crippen LogP contribution < -0.4 is 5.32 Å². The molecule has 0 spiro atoms. The number of aromatic nitrogens is 4. The van der Waals surface area contributed by atoms with Crippen molar-refractivity contribution in [2.24, 2.45) is 13.0 Å². The molecule has 0 radical (unpaired) electrons. The number of hydrogen-bond donors (Lipinski definition) is 1. The minimum Gasteiger partial charge on any atom is -0.346 e. The molecular weight excluding hydrogens is 444 g/mol. The molecule has 36 heavy (non-hydrogen) atoms. The summed E-state index contributed by atoms with van der Waals surface area (Å²) in [7, 11) is 1.96.